The number of ketones is 1. The number of rotatable bonds is 6. The molecular formula is C12H17BrClNO4. The topological polar surface area (TPSA) is 65.0 Å². The molecule has 0 N–H and O–H groups in total. The van der Waals surface area contributed by atoms with Gasteiger partial charge in [-0.15, -0.1) is 11.6 Å². The third-order valence-electron chi connectivity index (χ3n) is 2.75. The van der Waals surface area contributed by atoms with Crippen molar-refractivity contribution in [3.8, 4) is 0 Å². The summed E-state index contributed by atoms with van der Waals surface area (Å²) in [6, 6.07) is 0. The summed E-state index contributed by atoms with van der Waals surface area (Å²) in [4.78, 5) is 28.4. The fourth-order valence-electron chi connectivity index (χ4n) is 1.72. The van der Waals surface area contributed by atoms with Gasteiger partial charge in [-0.05, 0) is 32.6 Å². The standard InChI is InChI=1S/C12H17BrClNO4/c1-2-18-12(17)11(10(16)7-13)15-19-9-5-3-8(14)4-6-9/h8-9H,2-7H2,1H3/b15-11-. The Bertz CT molecular complexity index is 354. The van der Waals surface area contributed by atoms with E-state index >= 15 is 0 Å². The van der Waals surface area contributed by atoms with Crippen LogP contribution < -0.4 is 0 Å². The predicted molar refractivity (Wildman–Crippen MR) is 75.9 cm³/mol. The number of hydrogen-bond acceptors (Lipinski definition) is 5. The fraction of sp³-hybridized carbons (Fsp3) is 0.750. The zero-order valence-corrected chi connectivity index (χ0v) is 13.1. The van der Waals surface area contributed by atoms with Crippen molar-refractivity contribution in [2.45, 2.75) is 44.1 Å². The molecule has 0 spiro atoms. The van der Waals surface area contributed by atoms with Gasteiger partial charge >= 0.3 is 5.97 Å². The lowest BCUT2D eigenvalue weighted by Gasteiger charge is -2.23. The van der Waals surface area contributed by atoms with E-state index in [0.717, 1.165) is 25.7 Å². The highest BCUT2D eigenvalue weighted by molar-refractivity contribution is 9.09. The van der Waals surface area contributed by atoms with E-state index in [1.807, 2.05) is 0 Å². The molecule has 0 aromatic heterocycles. The molecule has 0 bridgehead atoms. The molecule has 0 radical (unpaired) electrons. The van der Waals surface area contributed by atoms with E-state index in [9.17, 15) is 9.59 Å². The van der Waals surface area contributed by atoms with E-state index in [1.165, 1.54) is 0 Å². The summed E-state index contributed by atoms with van der Waals surface area (Å²) < 4.78 is 4.77. The quantitative estimate of drug-likeness (QED) is 0.242. The first-order chi connectivity index (χ1) is 9.08. The molecule has 1 aliphatic rings. The van der Waals surface area contributed by atoms with Crippen molar-refractivity contribution in [1.29, 1.82) is 0 Å². The summed E-state index contributed by atoms with van der Waals surface area (Å²) in [5.41, 5.74) is -0.299. The maximum absolute atomic E-state index is 11.6. The first kappa shape index (κ1) is 16.4. The third kappa shape index (κ3) is 5.48. The Morgan fingerprint density at radius 3 is 2.47 bits per heavy atom. The number of oxime groups is 1. The molecular weight excluding hydrogens is 337 g/mol. The normalized spacial score (nSPS) is 23.8. The summed E-state index contributed by atoms with van der Waals surface area (Å²) in [7, 11) is 0. The highest BCUT2D eigenvalue weighted by Gasteiger charge is 2.24. The monoisotopic (exact) mass is 353 g/mol. The number of ether oxygens (including phenoxy) is 1. The fourth-order valence-corrected chi connectivity index (χ4v) is 2.24. The number of carbonyl (C=O) groups excluding carboxylic acids is 2. The molecule has 19 heavy (non-hydrogen) atoms. The third-order valence-corrected chi connectivity index (χ3v) is 3.70. The summed E-state index contributed by atoms with van der Waals surface area (Å²) >= 11 is 8.98. The molecule has 108 valence electrons. The zero-order valence-electron chi connectivity index (χ0n) is 10.7. The molecule has 1 fully saturated rings. The minimum absolute atomic E-state index is 0.00241. The summed E-state index contributed by atoms with van der Waals surface area (Å²) in [5, 5.41) is 3.86. The molecule has 0 saturated heterocycles. The molecule has 5 nitrogen and oxygen atoms in total. The second-order valence-electron chi connectivity index (χ2n) is 4.20. The Morgan fingerprint density at radius 1 is 1.32 bits per heavy atom. The largest absolute Gasteiger partial charge is 0.461 e. The van der Waals surface area contributed by atoms with Crippen LogP contribution in [0.5, 0.6) is 0 Å². The Labute approximate surface area is 125 Å². The highest BCUT2D eigenvalue weighted by atomic mass is 79.9. The lowest BCUT2D eigenvalue weighted by Crippen LogP contribution is -2.29. The van der Waals surface area contributed by atoms with Crippen LogP contribution in [0.15, 0.2) is 5.16 Å². The smallest absolute Gasteiger partial charge is 0.364 e. The van der Waals surface area contributed by atoms with E-state index in [2.05, 4.69) is 21.1 Å². The van der Waals surface area contributed by atoms with Crippen LogP contribution >= 0.6 is 27.5 Å². The number of esters is 1. The molecule has 0 aliphatic heterocycles. The number of hydrogen-bond donors (Lipinski definition) is 0. The number of carbonyl (C=O) groups is 2. The van der Waals surface area contributed by atoms with E-state index in [4.69, 9.17) is 21.2 Å². The highest BCUT2D eigenvalue weighted by Crippen LogP contribution is 2.25. The van der Waals surface area contributed by atoms with Gasteiger partial charge < -0.3 is 9.57 Å². The van der Waals surface area contributed by atoms with Crippen LogP contribution in [-0.2, 0) is 19.2 Å². The number of nitrogens with zero attached hydrogens (tertiary/aromatic N) is 1. The lowest BCUT2D eigenvalue weighted by atomic mass is 9.97. The van der Waals surface area contributed by atoms with E-state index in [0.29, 0.717) is 0 Å². The lowest BCUT2D eigenvalue weighted by molar-refractivity contribution is -0.136. The molecule has 0 amide bonds. The average molecular weight is 355 g/mol. The van der Waals surface area contributed by atoms with Crippen LogP contribution in [0.25, 0.3) is 0 Å². The van der Waals surface area contributed by atoms with Gasteiger partial charge in [0.25, 0.3) is 0 Å². The first-order valence-corrected chi connectivity index (χ1v) is 7.78. The van der Waals surface area contributed by atoms with Crippen LogP contribution in [0.3, 0.4) is 0 Å². The maximum Gasteiger partial charge on any atom is 0.364 e. The number of halogens is 2. The van der Waals surface area contributed by atoms with Gasteiger partial charge in [-0.3, -0.25) is 4.79 Å². The van der Waals surface area contributed by atoms with Crippen molar-refractivity contribution in [2.75, 3.05) is 11.9 Å². The van der Waals surface area contributed by atoms with Crippen molar-refractivity contribution in [2.24, 2.45) is 5.16 Å². The minimum atomic E-state index is -0.752. The zero-order chi connectivity index (χ0) is 14.3. The van der Waals surface area contributed by atoms with Crippen LogP contribution in [-0.4, -0.2) is 40.9 Å². The first-order valence-electron chi connectivity index (χ1n) is 6.22. The summed E-state index contributed by atoms with van der Waals surface area (Å²) in [6.07, 6.45) is 3.15. The Balaban J connectivity index is 2.61. The molecule has 1 aliphatic carbocycles. The number of Topliss-reactive ketones (excluding diaryl/α,β-unsaturated/α-hetero) is 1. The van der Waals surface area contributed by atoms with Gasteiger partial charge in [-0.2, -0.15) is 0 Å². The Hall–Kier alpha value is -0.620. The van der Waals surface area contributed by atoms with Gasteiger partial charge in [0.15, 0.2) is 0 Å². The maximum atomic E-state index is 11.6. The van der Waals surface area contributed by atoms with Gasteiger partial charge in [0.1, 0.15) is 6.10 Å². The molecule has 0 aromatic carbocycles. The van der Waals surface area contributed by atoms with Gasteiger partial charge in [0, 0.05) is 5.38 Å². The second kappa shape index (κ2) is 8.53. The van der Waals surface area contributed by atoms with Crippen LogP contribution in [0, 0.1) is 0 Å². The Kier molecular flexibility index (Phi) is 7.38. The van der Waals surface area contributed by atoms with Crippen LogP contribution in [0.2, 0.25) is 0 Å². The van der Waals surface area contributed by atoms with Crippen LogP contribution in [0.4, 0.5) is 0 Å². The van der Waals surface area contributed by atoms with Crippen LogP contribution in [0.1, 0.15) is 32.6 Å². The van der Waals surface area contributed by atoms with E-state index < -0.39 is 11.8 Å². The molecule has 0 heterocycles. The van der Waals surface area contributed by atoms with Crippen molar-refractivity contribution < 1.29 is 19.2 Å². The molecule has 0 aromatic rings. The molecule has 0 unspecified atom stereocenters. The van der Waals surface area contributed by atoms with Gasteiger partial charge in [0.2, 0.25) is 11.5 Å². The van der Waals surface area contributed by atoms with Gasteiger partial charge in [0.05, 0.1) is 11.9 Å². The minimum Gasteiger partial charge on any atom is -0.461 e. The number of alkyl halides is 2. The van der Waals surface area contributed by atoms with Gasteiger partial charge in [-0.25, -0.2) is 4.79 Å². The van der Waals surface area contributed by atoms with Gasteiger partial charge in [-0.1, -0.05) is 21.1 Å². The average Bonchev–Trinajstić information content (AvgIpc) is 2.41. The predicted octanol–water partition coefficient (Wildman–Crippen LogP) is 2.44. The van der Waals surface area contributed by atoms with E-state index in [-0.39, 0.29) is 29.1 Å². The van der Waals surface area contributed by atoms with Crippen molar-refractivity contribution >= 4 is 45.0 Å². The summed E-state index contributed by atoms with van der Waals surface area (Å²) in [5.74, 6) is -1.21. The molecule has 1 rings (SSSR count). The summed E-state index contributed by atoms with van der Waals surface area (Å²) in [6.45, 7) is 1.85. The van der Waals surface area contributed by atoms with Crippen molar-refractivity contribution in [1.82, 2.24) is 0 Å². The molecule has 0 atom stereocenters. The second-order valence-corrected chi connectivity index (χ2v) is 5.37. The van der Waals surface area contributed by atoms with Crippen molar-refractivity contribution in [3.05, 3.63) is 0 Å². The van der Waals surface area contributed by atoms with Crippen molar-refractivity contribution in [3.63, 3.8) is 0 Å². The molecule has 1 saturated carbocycles. The van der Waals surface area contributed by atoms with E-state index in [1.54, 1.807) is 6.92 Å². The Morgan fingerprint density at radius 2 is 1.95 bits per heavy atom. The SMILES string of the molecule is CCOC(=O)/C(=N\OC1CCC(Cl)CC1)C(=O)CBr. The molecule has 7 heteroatoms.